The van der Waals surface area contributed by atoms with Crippen molar-refractivity contribution in [2.24, 2.45) is 5.92 Å². The maximum Gasteiger partial charge on any atom is 0.337 e. The molecule has 236 valence electrons. The number of amides is 2. The van der Waals surface area contributed by atoms with Crippen molar-refractivity contribution in [3.8, 4) is 11.5 Å². The van der Waals surface area contributed by atoms with Crippen LogP contribution in [0.4, 0.5) is 0 Å². The van der Waals surface area contributed by atoms with E-state index >= 15 is 0 Å². The van der Waals surface area contributed by atoms with E-state index in [1.165, 1.54) is 7.11 Å². The van der Waals surface area contributed by atoms with E-state index in [0.717, 1.165) is 65.8 Å². The summed E-state index contributed by atoms with van der Waals surface area (Å²) in [6.07, 6.45) is 2.40. The van der Waals surface area contributed by atoms with Crippen molar-refractivity contribution in [3.05, 3.63) is 94.7 Å². The van der Waals surface area contributed by atoms with E-state index in [2.05, 4.69) is 16.0 Å². The average molecular weight is 621 g/mol. The molecular formula is C36H36N4O6. The van der Waals surface area contributed by atoms with Gasteiger partial charge in [0.1, 0.15) is 6.04 Å². The lowest BCUT2D eigenvalue weighted by Gasteiger charge is -2.48. The number of hydrogen-bond acceptors (Lipinski definition) is 7. The summed E-state index contributed by atoms with van der Waals surface area (Å²) in [5.41, 5.74) is 5.64. The number of piperazine rings is 1. The summed E-state index contributed by atoms with van der Waals surface area (Å²) < 4.78 is 16.0. The van der Waals surface area contributed by atoms with Crippen LogP contribution in [0.3, 0.4) is 0 Å². The molecule has 4 aromatic rings. The Labute approximate surface area is 266 Å². The molecule has 2 unspecified atom stereocenters. The van der Waals surface area contributed by atoms with Crippen LogP contribution in [0.25, 0.3) is 10.9 Å². The van der Waals surface area contributed by atoms with Crippen molar-refractivity contribution >= 4 is 28.7 Å². The van der Waals surface area contributed by atoms with Crippen molar-refractivity contribution in [1.82, 2.24) is 19.7 Å². The van der Waals surface area contributed by atoms with E-state index in [1.807, 2.05) is 58.3 Å². The van der Waals surface area contributed by atoms with E-state index < -0.39 is 12.1 Å². The summed E-state index contributed by atoms with van der Waals surface area (Å²) in [6.45, 7) is 3.48. The molecule has 2 amide bonds. The zero-order valence-corrected chi connectivity index (χ0v) is 25.7. The van der Waals surface area contributed by atoms with Crippen LogP contribution in [-0.2, 0) is 27.3 Å². The lowest BCUT2D eigenvalue weighted by atomic mass is 9.85. The van der Waals surface area contributed by atoms with Crippen molar-refractivity contribution in [2.45, 2.75) is 37.9 Å². The van der Waals surface area contributed by atoms with Gasteiger partial charge in [0.2, 0.25) is 18.6 Å². The molecule has 1 aromatic heterocycles. The van der Waals surface area contributed by atoms with Gasteiger partial charge in [-0.3, -0.25) is 14.5 Å². The molecule has 8 rings (SSSR count). The molecule has 3 aromatic carbocycles. The van der Waals surface area contributed by atoms with Crippen molar-refractivity contribution in [3.63, 3.8) is 0 Å². The number of nitrogens with one attached hydrogen (secondary N) is 1. The number of piperidine rings is 1. The first kappa shape index (κ1) is 28.6. The average Bonchev–Trinajstić information content (AvgIpc) is 3.71. The maximum atomic E-state index is 14.2. The molecule has 2 fully saturated rings. The molecular weight excluding hydrogens is 584 g/mol. The lowest BCUT2D eigenvalue weighted by molar-refractivity contribution is -0.159. The Morgan fingerprint density at radius 3 is 2.57 bits per heavy atom. The number of H-pyrrole nitrogens is 1. The van der Waals surface area contributed by atoms with Crippen LogP contribution in [-0.4, -0.2) is 83.6 Å². The Hall–Kier alpha value is -4.83. The van der Waals surface area contributed by atoms with Crippen LogP contribution in [0.5, 0.6) is 11.5 Å². The number of nitrogens with zero attached hydrogens (tertiary/aromatic N) is 3. The first-order valence-corrected chi connectivity index (χ1v) is 16.0. The molecule has 0 saturated carbocycles. The molecule has 0 bridgehead atoms. The van der Waals surface area contributed by atoms with E-state index in [4.69, 9.17) is 14.2 Å². The van der Waals surface area contributed by atoms with Gasteiger partial charge < -0.3 is 29.0 Å². The first-order valence-electron chi connectivity index (χ1n) is 16.0. The quantitative estimate of drug-likeness (QED) is 0.321. The van der Waals surface area contributed by atoms with Gasteiger partial charge in [-0.15, -0.1) is 0 Å². The molecule has 2 saturated heterocycles. The third kappa shape index (κ3) is 4.97. The highest BCUT2D eigenvalue weighted by Crippen LogP contribution is 2.45. The summed E-state index contributed by atoms with van der Waals surface area (Å²) in [7, 11) is 1.39. The number of aromatic amines is 1. The number of carbonyl (C=O) groups is 3. The van der Waals surface area contributed by atoms with Gasteiger partial charge in [0.25, 0.3) is 0 Å². The normalized spacial score (nSPS) is 21.4. The topological polar surface area (TPSA) is 104 Å². The highest BCUT2D eigenvalue weighted by Gasteiger charge is 2.48. The Bertz CT molecular complexity index is 1830. The monoisotopic (exact) mass is 620 g/mol. The van der Waals surface area contributed by atoms with E-state index in [-0.39, 0.29) is 31.1 Å². The summed E-state index contributed by atoms with van der Waals surface area (Å²) in [5, 5.41) is 1.09. The smallest absolute Gasteiger partial charge is 0.337 e. The molecule has 4 aliphatic heterocycles. The molecule has 10 heteroatoms. The summed E-state index contributed by atoms with van der Waals surface area (Å²) in [6, 6.07) is 20.5. The van der Waals surface area contributed by atoms with Gasteiger partial charge in [-0.05, 0) is 78.9 Å². The fourth-order valence-corrected chi connectivity index (χ4v) is 7.67. The Kier molecular flexibility index (Phi) is 7.17. The predicted octanol–water partition coefficient (Wildman–Crippen LogP) is 4.28. The Morgan fingerprint density at radius 1 is 0.978 bits per heavy atom. The van der Waals surface area contributed by atoms with E-state index in [0.29, 0.717) is 35.9 Å². The minimum atomic E-state index is -0.573. The van der Waals surface area contributed by atoms with Crippen molar-refractivity contribution < 1.29 is 28.6 Å². The van der Waals surface area contributed by atoms with Crippen LogP contribution in [0.2, 0.25) is 0 Å². The zero-order chi connectivity index (χ0) is 31.4. The molecule has 0 radical (unpaired) electrons. The van der Waals surface area contributed by atoms with E-state index in [1.54, 1.807) is 12.1 Å². The molecule has 2 atom stereocenters. The molecule has 1 N–H and O–H groups in total. The molecule has 0 spiro atoms. The molecule has 46 heavy (non-hydrogen) atoms. The second-order valence-corrected chi connectivity index (χ2v) is 12.7. The maximum absolute atomic E-state index is 14.2. The number of para-hydroxylation sites is 1. The van der Waals surface area contributed by atoms with Crippen LogP contribution in [0.1, 0.15) is 51.6 Å². The van der Waals surface area contributed by atoms with Gasteiger partial charge in [0.05, 0.1) is 25.3 Å². The molecule has 0 aliphatic carbocycles. The number of aromatic nitrogens is 1. The Balaban J connectivity index is 0.992. The van der Waals surface area contributed by atoms with Crippen molar-refractivity contribution in [2.75, 3.05) is 40.1 Å². The van der Waals surface area contributed by atoms with Gasteiger partial charge in [-0.25, -0.2) is 4.79 Å². The number of rotatable bonds is 6. The van der Waals surface area contributed by atoms with Gasteiger partial charge in [-0.1, -0.05) is 36.4 Å². The number of esters is 1. The number of fused-ring (bicyclic) bond motifs is 5. The van der Waals surface area contributed by atoms with E-state index in [9.17, 15) is 14.4 Å². The number of ether oxygens (including phenoxy) is 3. The second kappa shape index (κ2) is 11.5. The predicted molar refractivity (Wildman–Crippen MR) is 169 cm³/mol. The number of hydrogen-bond donors (Lipinski definition) is 1. The van der Waals surface area contributed by atoms with Gasteiger partial charge >= 0.3 is 5.97 Å². The fraction of sp³-hybridized carbons (Fsp3) is 0.361. The van der Waals surface area contributed by atoms with Crippen LogP contribution >= 0.6 is 0 Å². The highest BCUT2D eigenvalue weighted by molar-refractivity contribution is 5.97. The second-order valence-electron chi connectivity index (χ2n) is 12.7. The molecule has 4 aliphatic rings. The van der Waals surface area contributed by atoms with Gasteiger partial charge in [0.15, 0.2) is 11.5 Å². The minimum Gasteiger partial charge on any atom is -0.465 e. The summed E-state index contributed by atoms with van der Waals surface area (Å²) >= 11 is 0. The number of methoxy groups -OCH3 is 1. The third-order valence-corrected chi connectivity index (χ3v) is 10.0. The van der Waals surface area contributed by atoms with Crippen LogP contribution in [0, 0.1) is 5.92 Å². The van der Waals surface area contributed by atoms with Gasteiger partial charge in [0, 0.05) is 36.1 Å². The van der Waals surface area contributed by atoms with Gasteiger partial charge in [-0.2, -0.15) is 0 Å². The number of likely N-dealkylation sites (tertiary alicyclic amines) is 1. The first-order chi connectivity index (χ1) is 22.5. The number of carbonyl (C=O) groups excluding carboxylic acids is 3. The fourth-order valence-electron chi connectivity index (χ4n) is 7.67. The Morgan fingerprint density at radius 2 is 1.76 bits per heavy atom. The standard InChI is InChI=1S/C36H36N4O6/c1-44-36(43)24-8-6-22(7-9-24)18-38-14-12-23(13-15-38)19-39-20-32(41)40-29(35(39)42)17-27-26-4-2-3-5-28(26)37-33(27)34(40)25-10-11-30-31(16-25)46-21-45-30/h2-11,16,23,29,34,37H,12-15,17-21H2,1H3. The molecule has 5 heterocycles. The SMILES string of the molecule is COC(=O)c1ccc(CN2CCC(CN3CC(=O)N4C(Cc5c([nH]c6ccccc56)C4c4ccc5c(c4)OCO5)C3=O)CC2)cc1. The molecule has 10 nitrogen and oxygen atoms in total. The summed E-state index contributed by atoms with van der Waals surface area (Å²) in [5.74, 6) is 1.32. The van der Waals surface area contributed by atoms with Crippen LogP contribution < -0.4 is 9.47 Å². The lowest BCUT2D eigenvalue weighted by Crippen LogP contribution is -2.63. The zero-order valence-electron chi connectivity index (χ0n) is 25.7. The van der Waals surface area contributed by atoms with Crippen molar-refractivity contribution in [1.29, 1.82) is 0 Å². The number of benzene rings is 3. The highest BCUT2D eigenvalue weighted by atomic mass is 16.7. The third-order valence-electron chi connectivity index (χ3n) is 10.0. The summed E-state index contributed by atoms with van der Waals surface area (Å²) in [4.78, 5) is 49.7. The van der Waals surface area contributed by atoms with Crippen LogP contribution in [0.15, 0.2) is 66.7 Å². The largest absolute Gasteiger partial charge is 0.465 e. The minimum absolute atomic E-state index is 0.0226.